The molecule has 3 aromatic rings. The number of H-pyrrole nitrogens is 1. The van der Waals surface area contributed by atoms with Crippen molar-refractivity contribution in [3.63, 3.8) is 0 Å². The number of nitrogens with one attached hydrogen (secondary N) is 1. The zero-order chi connectivity index (χ0) is 22.8. The number of carbonyl (C=O) groups is 1. The third-order valence-corrected chi connectivity index (χ3v) is 5.81. The van der Waals surface area contributed by atoms with Gasteiger partial charge in [0.25, 0.3) is 22.6 Å². The van der Waals surface area contributed by atoms with Gasteiger partial charge in [0, 0.05) is 39.0 Å². The van der Waals surface area contributed by atoms with Crippen LogP contribution in [0.2, 0.25) is 0 Å². The summed E-state index contributed by atoms with van der Waals surface area (Å²) in [6, 6.07) is 0. The summed E-state index contributed by atoms with van der Waals surface area (Å²) in [6.07, 6.45) is 4.74. The summed E-state index contributed by atoms with van der Waals surface area (Å²) in [5, 5.41) is 8.99. The Kier molecular flexibility index (Phi) is 4.46. The molecule has 160 valence electrons. The quantitative estimate of drug-likeness (QED) is 0.570. The fourth-order valence-electron chi connectivity index (χ4n) is 3.96. The summed E-state index contributed by atoms with van der Waals surface area (Å²) in [5.41, 5.74) is 1.80. The van der Waals surface area contributed by atoms with Crippen molar-refractivity contribution in [3.8, 4) is 0 Å². The first-order valence-corrected chi connectivity index (χ1v) is 9.59. The molecule has 31 heavy (non-hydrogen) atoms. The van der Waals surface area contributed by atoms with E-state index >= 15 is 0 Å². The van der Waals surface area contributed by atoms with Crippen LogP contribution in [0.4, 0.5) is 0 Å². The zero-order valence-corrected chi connectivity index (χ0v) is 18.1. The van der Waals surface area contributed by atoms with Gasteiger partial charge in [0.05, 0.1) is 10.9 Å². The van der Waals surface area contributed by atoms with E-state index in [0.717, 1.165) is 0 Å². The largest absolute Gasteiger partial charge is 0.296 e. The Morgan fingerprint density at radius 3 is 2.23 bits per heavy atom. The predicted molar refractivity (Wildman–Crippen MR) is 116 cm³/mol. The lowest BCUT2D eigenvalue weighted by Crippen LogP contribution is -2.44. The van der Waals surface area contributed by atoms with Crippen LogP contribution in [-0.2, 0) is 21.1 Å². The summed E-state index contributed by atoms with van der Waals surface area (Å²) in [6.45, 7) is 3.42. The molecule has 0 atom stereocenters. The Hall–Kier alpha value is -3.95. The second-order valence-electron chi connectivity index (χ2n) is 7.66. The average molecular weight is 422 g/mol. The molecule has 0 aliphatic carbocycles. The minimum Gasteiger partial charge on any atom is -0.296 e. The average Bonchev–Trinajstić information content (AvgIpc) is 3.20. The molecule has 3 aromatic heterocycles. The summed E-state index contributed by atoms with van der Waals surface area (Å²) in [5.74, 6) is -0.278. The standard InChI is InChI=1S/C21H22N6O4/c1-10-12(18(28)24(3)16-14(10)20(30)26(5)22-16)8-7-9-13-11(2)15-17(25(4)19(13)29)23-27(6)21(15)31/h7-9,22H,1-6H3/b8-7+,13-9-. The van der Waals surface area contributed by atoms with Crippen LogP contribution in [-0.4, -0.2) is 36.9 Å². The number of nitrogens with zero attached hydrogens (tertiary/aromatic N) is 5. The van der Waals surface area contributed by atoms with E-state index in [0.29, 0.717) is 44.0 Å². The molecule has 1 amide bonds. The Labute approximate surface area is 175 Å². The highest BCUT2D eigenvalue weighted by atomic mass is 16.2. The number of rotatable bonds is 2. The van der Waals surface area contributed by atoms with Crippen molar-refractivity contribution in [1.29, 1.82) is 0 Å². The Bertz CT molecular complexity index is 1630. The number of fused-ring (bicyclic) bond motifs is 2. The van der Waals surface area contributed by atoms with E-state index in [1.807, 2.05) is 0 Å². The van der Waals surface area contributed by atoms with Gasteiger partial charge in [0.15, 0.2) is 5.49 Å². The van der Waals surface area contributed by atoms with E-state index in [1.54, 1.807) is 53.2 Å². The van der Waals surface area contributed by atoms with Gasteiger partial charge in [0.2, 0.25) is 0 Å². The van der Waals surface area contributed by atoms with E-state index in [1.165, 1.54) is 25.9 Å². The normalized spacial score (nSPS) is 14.2. The molecule has 4 rings (SSSR count). The van der Waals surface area contributed by atoms with Crippen molar-refractivity contribution < 1.29 is 4.79 Å². The van der Waals surface area contributed by atoms with Gasteiger partial charge >= 0.3 is 0 Å². The monoisotopic (exact) mass is 422 g/mol. The molecule has 1 aliphatic heterocycles. The second kappa shape index (κ2) is 6.79. The number of carbonyl (C=O) groups excluding carboxylic acids is 1. The maximum atomic E-state index is 12.8. The zero-order valence-electron chi connectivity index (χ0n) is 18.1. The maximum Gasteiger partial charge on any atom is 0.277 e. The summed E-state index contributed by atoms with van der Waals surface area (Å²) in [7, 11) is 6.28. The number of aromatic amines is 1. The number of aromatic nitrogens is 4. The SMILES string of the molecule is Cc1c2c(n(C)c(=O)/c1=C\C=C\c1c(C)c3c(=O)n(C)[nH]c3n(C)c1=O)=NN(C)C2=O. The molecule has 1 aliphatic rings. The molecule has 0 spiro atoms. The minimum absolute atomic E-state index is 0.226. The van der Waals surface area contributed by atoms with Gasteiger partial charge in [-0.25, -0.2) is 5.01 Å². The Morgan fingerprint density at radius 1 is 0.871 bits per heavy atom. The first-order chi connectivity index (χ1) is 14.6. The predicted octanol–water partition coefficient (Wildman–Crippen LogP) is -1.01. The molecule has 10 nitrogen and oxygen atoms in total. The lowest BCUT2D eigenvalue weighted by atomic mass is 10.1. The van der Waals surface area contributed by atoms with Gasteiger partial charge in [-0.1, -0.05) is 6.08 Å². The number of allylic oxidation sites excluding steroid dienone is 1. The van der Waals surface area contributed by atoms with Crippen molar-refractivity contribution >= 4 is 29.1 Å². The van der Waals surface area contributed by atoms with Gasteiger partial charge in [0.1, 0.15) is 5.65 Å². The summed E-state index contributed by atoms with van der Waals surface area (Å²) in [4.78, 5) is 50.5. The van der Waals surface area contributed by atoms with Crippen molar-refractivity contribution in [2.45, 2.75) is 13.8 Å². The minimum atomic E-state index is -0.299. The molecule has 0 radical (unpaired) electrons. The van der Waals surface area contributed by atoms with Crippen molar-refractivity contribution in [1.82, 2.24) is 23.9 Å². The second-order valence-corrected chi connectivity index (χ2v) is 7.66. The first-order valence-electron chi connectivity index (χ1n) is 9.59. The van der Waals surface area contributed by atoms with E-state index in [2.05, 4.69) is 10.2 Å². The molecule has 0 saturated heterocycles. The fourth-order valence-corrected chi connectivity index (χ4v) is 3.96. The van der Waals surface area contributed by atoms with Gasteiger partial charge in [-0.2, -0.15) is 5.10 Å². The van der Waals surface area contributed by atoms with Crippen LogP contribution >= 0.6 is 0 Å². The van der Waals surface area contributed by atoms with Crippen molar-refractivity contribution in [3.05, 3.63) is 70.1 Å². The molecular formula is C21H22N6O4. The van der Waals surface area contributed by atoms with E-state index in [-0.39, 0.29) is 22.6 Å². The van der Waals surface area contributed by atoms with Gasteiger partial charge in [-0.05, 0) is 37.1 Å². The molecular weight excluding hydrogens is 400 g/mol. The highest BCUT2D eigenvalue weighted by Gasteiger charge is 2.25. The number of pyridine rings is 2. The van der Waals surface area contributed by atoms with E-state index in [9.17, 15) is 19.2 Å². The lowest BCUT2D eigenvalue weighted by Gasteiger charge is -2.06. The number of hydrogen-bond donors (Lipinski definition) is 1. The molecule has 10 heteroatoms. The highest BCUT2D eigenvalue weighted by molar-refractivity contribution is 5.96. The Morgan fingerprint density at radius 2 is 1.55 bits per heavy atom. The first kappa shape index (κ1) is 20.3. The molecule has 0 fully saturated rings. The summed E-state index contributed by atoms with van der Waals surface area (Å²) < 4.78 is 4.05. The van der Waals surface area contributed by atoms with Crippen LogP contribution in [0, 0.1) is 13.8 Å². The van der Waals surface area contributed by atoms with Crippen LogP contribution in [0.25, 0.3) is 23.2 Å². The molecule has 0 bridgehead atoms. The van der Waals surface area contributed by atoms with Crippen molar-refractivity contribution in [2.75, 3.05) is 7.05 Å². The van der Waals surface area contributed by atoms with E-state index in [4.69, 9.17) is 0 Å². The van der Waals surface area contributed by atoms with Gasteiger partial charge in [-0.15, -0.1) is 0 Å². The van der Waals surface area contributed by atoms with Gasteiger partial charge in [-0.3, -0.25) is 38.1 Å². The molecule has 0 saturated carbocycles. The number of aryl methyl sites for hydroxylation is 3. The smallest absolute Gasteiger partial charge is 0.277 e. The highest BCUT2D eigenvalue weighted by Crippen LogP contribution is 2.15. The fraction of sp³-hybridized carbons (Fsp3) is 0.286. The molecule has 1 N–H and O–H groups in total. The Balaban J connectivity index is 1.94. The molecule has 0 unspecified atom stereocenters. The third-order valence-electron chi connectivity index (χ3n) is 5.81. The lowest BCUT2D eigenvalue weighted by molar-refractivity contribution is 0.0815. The maximum absolute atomic E-state index is 12.8. The van der Waals surface area contributed by atoms with Crippen molar-refractivity contribution in [2.24, 2.45) is 26.2 Å². The molecule has 0 aromatic carbocycles. The molecule has 4 heterocycles. The van der Waals surface area contributed by atoms with Crippen LogP contribution in [0.1, 0.15) is 27.0 Å². The van der Waals surface area contributed by atoms with Gasteiger partial charge < -0.3 is 0 Å². The van der Waals surface area contributed by atoms with E-state index < -0.39 is 0 Å². The van der Waals surface area contributed by atoms with Crippen LogP contribution in [0.5, 0.6) is 0 Å². The third kappa shape index (κ3) is 2.75. The number of hydrogen-bond acceptors (Lipinski definition) is 5. The van der Waals surface area contributed by atoms with Crippen LogP contribution in [0.3, 0.4) is 0 Å². The topological polar surface area (TPSA) is 114 Å². The van der Waals surface area contributed by atoms with Crippen LogP contribution in [0.15, 0.2) is 25.6 Å². The number of amides is 1. The van der Waals surface area contributed by atoms with Crippen LogP contribution < -0.4 is 27.4 Å². The summed E-state index contributed by atoms with van der Waals surface area (Å²) >= 11 is 0.